The summed E-state index contributed by atoms with van der Waals surface area (Å²) in [6.45, 7) is 0. The summed E-state index contributed by atoms with van der Waals surface area (Å²) in [5.41, 5.74) is 0. The van der Waals surface area contributed by atoms with E-state index in [9.17, 15) is 4.39 Å². The van der Waals surface area contributed by atoms with Crippen LogP contribution in [0.3, 0.4) is 0 Å². The Morgan fingerprint density at radius 1 is 1.00 bits per heavy atom. The highest BCUT2D eigenvalue weighted by Crippen LogP contribution is 2.26. The van der Waals surface area contributed by atoms with Crippen molar-refractivity contribution < 1.29 is 4.39 Å². The van der Waals surface area contributed by atoms with Gasteiger partial charge in [-0.05, 0) is 32.1 Å². The molecule has 2 atom stereocenters. The summed E-state index contributed by atoms with van der Waals surface area (Å²) in [7, 11) is 0. The Morgan fingerprint density at radius 3 is 2.18 bits per heavy atom. The molecule has 2 heteroatoms. The van der Waals surface area contributed by atoms with E-state index >= 15 is 0 Å². The lowest BCUT2D eigenvalue weighted by Gasteiger charge is -2.30. The van der Waals surface area contributed by atoms with Gasteiger partial charge in [-0.2, -0.15) is 0 Å². The van der Waals surface area contributed by atoms with Crippen LogP contribution < -0.4 is 5.32 Å². The summed E-state index contributed by atoms with van der Waals surface area (Å²) in [4.78, 5) is 0. The van der Waals surface area contributed by atoms with Crippen molar-refractivity contribution in [2.75, 3.05) is 0 Å². The highest BCUT2D eigenvalue weighted by Gasteiger charge is 2.30. The maximum Gasteiger partial charge on any atom is 0.115 e. The molecule has 2 rings (SSSR count). The summed E-state index contributed by atoms with van der Waals surface area (Å²) in [6, 6.07) is 0.844. The maximum absolute atomic E-state index is 13.0. The van der Waals surface area contributed by atoms with Gasteiger partial charge in [0, 0.05) is 12.1 Å². The standard InChI is InChI=1S/C9H16FN/c10-8-5-2-6-9(8)11-7-3-1-4-7/h7-9,11H,1-6H2/t8-,9-/m1/s1. The van der Waals surface area contributed by atoms with Gasteiger partial charge in [0.2, 0.25) is 0 Å². The van der Waals surface area contributed by atoms with Gasteiger partial charge in [0.05, 0.1) is 0 Å². The Hall–Kier alpha value is -0.110. The lowest BCUT2D eigenvalue weighted by Crippen LogP contribution is -2.44. The second kappa shape index (κ2) is 3.10. The fourth-order valence-corrected chi connectivity index (χ4v) is 1.98. The van der Waals surface area contributed by atoms with E-state index in [1.165, 1.54) is 19.3 Å². The summed E-state index contributed by atoms with van der Waals surface area (Å²) in [6.07, 6.45) is 6.22. The van der Waals surface area contributed by atoms with Crippen molar-refractivity contribution in [3.8, 4) is 0 Å². The first kappa shape index (κ1) is 7.53. The van der Waals surface area contributed by atoms with Crippen molar-refractivity contribution in [2.45, 2.75) is 56.8 Å². The topological polar surface area (TPSA) is 12.0 Å². The highest BCUT2D eigenvalue weighted by atomic mass is 19.1. The van der Waals surface area contributed by atoms with E-state index in [0.717, 1.165) is 19.3 Å². The van der Waals surface area contributed by atoms with E-state index in [2.05, 4.69) is 5.32 Å². The van der Waals surface area contributed by atoms with Crippen LogP contribution in [0.15, 0.2) is 0 Å². The Kier molecular flexibility index (Phi) is 2.12. The fraction of sp³-hybridized carbons (Fsp3) is 1.00. The van der Waals surface area contributed by atoms with E-state index in [-0.39, 0.29) is 6.04 Å². The third-order valence-electron chi connectivity index (χ3n) is 2.99. The van der Waals surface area contributed by atoms with Crippen LogP contribution in [0.1, 0.15) is 38.5 Å². The first-order valence-electron chi connectivity index (χ1n) is 4.76. The van der Waals surface area contributed by atoms with Crippen LogP contribution in [-0.2, 0) is 0 Å². The van der Waals surface area contributed by atoms with Crippen molar-refractivity contribution in [2.24, 2.45) is 0 Å². The molecular weight excluding hydrogens is 141 g/mol. The van der Waals surface area contributed by atoms with Gasteiger partial charge in [-0.3, -0.25) is 0 Å². The molecule has 0 amide bonds. The molecule has 0 aromatic heterocycles. The van der Waals surface area contributed by atoms with Crippen LogP contribution >= 0.6 is 0 Å². The van der Waals surface area contributed by atoms with Crippen LogP contribution in [0, 0.1) is 0 Å². The van der Waals surface area contributed by atoms with Crippen LogP contribution in [0.5, 0.6) is 0 Å². The minimum Gasteiger partial charge on any atom is -0.308 e. The van der Waals surface area contributed by atoms with Crippen molar-refractivity contribution >= 4 is 0 Å². The molecule has 2 aliphatic carbocycles. The van der Waals surface area contributed by atoms with Crippen LogP contribution in [-0.4, -0.2) is 18.3 Å². The van der Waals surface area contributed by atoms with Crippen molar-refractivity contribution in [1.82, 2.24) is 5.32 Å². The molecule has 0 radical (unpaired) electrons. The molecule has 64 valence electrons. The normalized spacial score (nSPS) is 39.0. The molecule has 0 aliphatic heterocycles. The van der Waals surface area contributed by atoms with Crippen LogP contribution in [0.4, 0.5) is 4.39 Å². The second-order valence-electron chi connectivity index (χ2n) is 3.85. The Morgan fingerprint density at radius 2 is 1.73 bits per heavy atom. The van der Waals surface area contributed by atoms with Crippen molar-refractivity contribution in [3.05, 3.63) is 0 Å². The van der Waals surface area contributed by atoms with Gasteiger partial charge >= 0.3 is 0 Å². The molecule has 0 unspecified atom stereocenters. The van der Waals surface area contributed by atoms with Gasteiger partial charge in [-0.25, -0.2) is 4.39 Å². The fourth-order valence-electron chi connectivity index (χ4n) is 1.98. The van der Waals surface area contributed by atoms with Gasteiger partial charge in [-0.1, -0.05) is 6.42 Å². The molecule has 2 aliphatic rings. The molecule has 0 aromatic rings. The predicted octanol–water partition coefficient (Wildman–Crippen LogP) is 2.02. The van der Waals surface area contributed by atoms with E-state index in [1.54, 1.807) is 0 Å². The zero-order chi connectivity index (χ0) is 7.68. The van der Waals surface area contributed by atoms with Gasteiger partial charge in [0.1, 0.15) is 6.17 Å². The van der Waals surface area contributed by atoms with Crippen LogP contribution in [0.25, 0.3) is 0 Å². The number of rotatable bonds is 2. The minimum atomic E-state index is -0.560. The lowest BCUT2D eigenvalue weighted by atomic mass is 9.92. The Bertz CT molecular complexity index is 134. The molecule has 1 nitrogen and oxygen atoms in total. The Labute approximate surface area is 67.4 Å². The first-order valence-corrected chi connectivity index (χ1v) is 4.76. The molecule has 11 heavy (non-hydrogen) atoms. The number of nitrogens with one attached hydrogen (secondary N) is 1. The summed E-state index contributed by atoms with van der Waals surface area (Å²) < 4.78 is 13.0. The zero-order valence-electron chi connectivity index (χ0n) is 6.85. The molecule has 0 spiro atoms. The molecule has 2 saturated carbocycles. The molecular formula is C9H16FN. The largest absolute Gasteiger partial charge is 0.308 e. The number of hydrogen-bond acceptors (Lipinski definition) is 1. The quantitative estimate of drug-likeness (QED) is 0.646. The van der Waals surface area contributed by atoms with Gasteiger partial charge < -0.3 is 5.32 Å². The SMILES string of the molecule is F[C@@H]1CCC[C@H]1NC1CCC1. The number of hydrogen-bond donors (Lipinski definition) is 1. The van der Waals surface area contributed by atoms with Gasteiger partial charge in [0.25, 0.3) is 0 Å². The zero-order valence-corrected chi connectivity index (χ0v) is 6.85. The van der Waals surface area contributed by atoms with E-state index < -0.39 is 6.17 Å². The minimum absolute atomic E-state index is 0.195. The van der Waals surface area contributed by atoms with Crippen molar-refractivity contribution in [3.63, 3.8) is 0 Å². The summed E-state index contributed by atoms with van der Waals surface area (Å²) in [5, 5.41) is 3.39. The smallest absolute Gasteiger partial charge is 0.115 e. The van der Waals surface area contributed by atoms with Gasteiger partial charge in [0.15, 0.2) is 0 Å². The molecule has 2 fully saturated rings. The average molecular weight is 157 g/mol. The predicted molar refractivity (Wildman–Crippen MR) is 43.3 cm³/mol. The number of alkyl halides is 1. The third-order valence-corrected chi connectivity index (χ3v) is 2.99. The van der Waals surface area contributed by atoms with Gasteiger partial charge in [-0.15, -0.1) is 0 Å². The highest BCUT2D eigenvalue weighted by molar-refractivity contribution is 4.88. The van der Waals surface area contributed by atoms with E-state index in [0.29, 0.717) is 6.04 Å². The first-order chi connectivity index (χ1) is 5.36. The summed E-state index contributed by atoms with van der Waals surface area (Å²) >= 11 is 0. The van der Waals surface area contributed by atoms with E-state index in [4.69, 9.17) is 0 Å². The number of halogens is 1. The molecule has 0 bridgehead atoms. The maximum atomic E-state index is 13.0. The van der Waals surface area contributed by atoms with E-state index in [1.807, 2.05) is 0 Å². The second-order valence-corrected chi connectivity index (χ2v) is 3.85. The molecule has 0 saturated heterocycles. The Balaban J connectivity index is 1.75. The monoisotopic (exact) mass is 157 g/mol. The molecule has 0 heterocycles. The third kappa shape index (κ3) is 1.56. The average Bonchev–Trinajstić information content (AvgIpc) is 2.27. The summed E-state index contributed by atoms with van der Waals surface area (Å²) in [5.74, 6) is 0. The molecule has 0 aromatic carbocycles. The lowest BCUT2D eigenvalue weighted by molar-refractivity contribution is 0.228. The van der Waals surface area contributed by atoms with Crippen LogP contribution in [0.2, 0.25) is 0 Å². The van der Waals surface area contributed by atoms with Crippen molar-refractivity contribution in [1.29, 1.82) is 0 Å². The molecule has 1 N–H and O–H groups in total.